The smallest absolute Gasteiger partial charge is 0.0358 e. The van der Waals surface area contributed by atoms with Crippen molar-refractivity contribution in [2.24, 2.45) is 17.1 Å². The molecule has 3 fully saturated rings. The van der Waals surface area contributed by atoms with Gasteiger partial charge in [-0.15, -0.1) is 0 Å². The van der Waals surface area contributed by atoms with Crippen LogP contribution in [0.25, 0.3) is 0 Å². The minimum Gasteiger partial charge on any atom is -0.329 e. The minimum absolute atomic E-state index is 0.283. The minimum atomic E-state index is 0.283. The average Bonchev–Trinajstić information content (AvgIpc) is 3.23. The van der Waals surface area contributed by atoms with Crippen LogP contribution in [0.4, 0.5) is 0 Å². The fourth-order valence-corrected chi connectivity index (χ4v) is 4.80. The summed E-state index contributed by atoms with van der Waals surface area (Å²) in [7, 11) is 0. The van der Waals surface area contributed by atoms with Gasteiger partial charge in [-0.05, 0) is 43.4 Å². The van der Waals surface area contributed by atoms with Gasteiger partial charge in [0, 0.05) is 44.3 Å². The van der Waals surface area contributed by atoms with Gasteiger partial charge in [-0.1, -0.05) is 20.8 Å². The van der Waals surface area contributed by atoms with E-state index in [0.717, 1.165) is 18.5 Å². The second-order valence-corrected chi connectivity index (χ2v) is 8.33. The highest BCUT2D eigenvalue weighted by Gasteiger charge is 2.47. The van der Waals surface area contributed by atoms with Gasteiger partial charge in [0.2, 0.25) is 0 Å². The molecule has 3 nitrogen and oxygen atoms in total. The van der Waals surface area contributed by atoms with Crippen LogP contribution < -0.4 is 5.73 Å². The van der Waals surface area contributed by atoms with Crippen molar-refractivity contribution < 1.29 is 0 Å². The van der Waals surface area contributed by atoms with E-state index < -0.39 is 0 Å². The molecule has 0 amide bonds. The van der Waals surface area contributed by atoms with Crippen molar-refractivity contribution in [1.82, 2.24) is 9.80 Å². The fourth-order valence-electron chi connectivity index (χ4n) is 4.80. The molecule has 20 heavy (non-hydrogen) atoms. The monoisotopic (exact) mass is 279 g/mol. The molecular formula is C17H33N3. The first kappa shape index (κ1) is 14.8. The number of nitrogens with two attached hydrogens (primary N) is 1. The third-order valence-electron chi connectivity index (χ3n) is 6.37. The Morgan fingerprint density at radius 2 is 1.70 bits per heavy atom. The maximum absolute atomic E-state index is 6.30. The van der Waals surface area contributed by atoms with Gasteiger partial charge in [-0.3, -0.25) is 9.80 Å². The van der Waals surface area contributed by atoms with Gasteiger partial charge in [0.1, 0.15) is 0 Å². The van der Waals surface area contributed by atoms with Crippen LogP contribution in [0.3, 0.4) is 0 Å². The molecule has 2 atom stereocenters. The summed E-state index contributed by atoms with van der Waals surface area (Å²) in [5, 5.41) is 0. The Morgan fingerprint density at radius 1 is 1.05 bits per heavy atom. The van der Waals surface area contributed by atoms with Crippen molar-refractivity contribution >= 4 is 0 Å². The first-order valence-corrected chi connectivity index (χ1v) is 8.66. The molecule has 3 aliphatic rings. The summed E-state index contributed by atoms with van der Waals surface area (Å²) in [5.41, 5.74) is 7.09. The van der Waals surface area contributed by atoms with Crippen LogP contribution in [-0.2, 0) is 0 Å². The van der Waals surface area contributed by atoms with E-state index in [1.807, 2.05) is 0 Å². The predicted octanol–water partition coefficient (Wildman–Crippen LogP) is 2.31. The first-order chi connectivity index (χ1) is 9.47. The lowest BCUT2D eigenvalue weighted by atomic mass is 9.63. The summed E-state index contributed by atoms with van der Waals surface area (Å²) in [6, 6.07) is 0.925. The summed E-state index contributed by atoms with van der Waals surface area (Å²) in [5.74, 6) is 0.726. The molecule has 1 saturated heterocycles. The molecular weight excluding hydrogens is 246 g/mol. The predicted molar refractivity (Wildman–Crippen MR) is 84.7 cm³/mol. The zero-order chi connectivity index (χ0) is 14.4. The zero-order valence-electron chi connectivity index (χ0n) is 13.7. The molecule has 2 unspecified atom stereocenters. The lowest BCUT2D eigenvalue weighted by Crippen LogP contribution is -2.65. The van der Waals surface area contributed by atoms with Gasteiger partial charge in [0.05, 0.1) is 0 Å². The Kier molecular flexibility index (Phi) is 3.89. The molecule has 0 aromatic heterocycles. The summed E-state index contributed by atoms with van der Waals surface area (Å²) < 4.78 is 0. The summed E-state index contributed by atoms with van der Waals surface area (Å²) >= 11 is 0. The molecule has 116 valence electrons. The van der Waals surface area contributed by atoms with Crippen LogP contribution >= 0.6 is 0 Å². The van der Waals surface area contributed by atoms with Crippen LogP contribution in [0.5, 0.6) is 0 Å². The molecule has 1 aliphatic heterocycles. The highest BCUT2D eigenvalue weighted by atomic mass is 15.3. The van der Waals surface area contributed by atoms with Crippen molar-refractivity contribution in [1.29, 1.82) is 0 Å². The molecule has 3 rings (SSSR count). The molecule has 0 spiro atoms. The standard InChI is InChI=1S/C17H33N3/c1-14-12-16(2,3)6-7-17(14,13-18)20-10-8-19(9-11-20)15-4-5-15/h14-15H,4-13,18H2,1-3H3. The summed E-state index contributed by atoms with van der Waals surface area (Å²) in [6.07, 6.45) is 6.82. The lowest BCUT2D eigenvalue weighted by Gasteiger charge is -2.55. The number of rotatable bonds is 3. The Morgan fingerprint density at radius 3 is 2.20 bits per heavy atom. The van der Waals surface area contributed by atoms with E-state index in [1.54, 1.807) is 0 Å². The Labute approximate surface area is 124 Å². The van der Waals surface area contributed by atoms with Crippen LogP contribution in [0.1, 0.15) is 52.9 Å². The van der Waals surface area contributed by atoms with E-state index >= 15 is 0 Å². The molecule has 0 aromatic rings. The molecule has 0 aromatic carbocycles. The van der Waals surface area contributed by atoms with Gasteiger partial charge in [0.25, 0.3) is 0 Å². The van der Waals surface area contributed by atoms with E-state index in [2.05, 4.69) is 30.6 Å². The number of hydrogen-bond acceptors (Lipinski definition) is 3. The number of nitrogens with zero attached hydrogens (tertiary/aromatic N) is 2. The van der Waals surface area contributed by atoms with Crippen molar-refractivity contribution in [2.75, 3.05) is 32.7 Å². The maximum Gasteiger partial charge on any atom is 0.0358 e. The second-order valence-electron chi connectivity index (χ2n) is 8.33. The van der Waals surface area contributed by atoms with E-state index in [-0.39, 0.29) is 5.54 Å². The number of piperazine rings is 1. The molecule has 1 heterocycles. The lowest BCUT2D eigenvalue weighted by molar-refractivity contribution is -0.0460. The average molecular weight is 279 g/mol. The summed E-state index contributed by atoms with van der Waals surface area (Å²) in [6.45, 7) is 13.1. The maximum atomic E-state index is 6.30. The van der Waals surface area contributed by atoms with Gasteiger partial charge >= 0.3 is 0 Å². The first-order valence-electron chi connectivity index (χ1n) is 8.66. The van der Waals surface area contributed by atoms with E-state index in [4.69, 9.17) is 5.73 Å². The Balaban J connectivity index is 1.66. The van der Waals surface area contributed by atoms with Crippen molar-refractivity contribution in [3.05, 3.63) is 0 Å². The molecule has 2 aliphatic carbocycles. The Hall–Kier alpha value is -0.120. The second kappa shape index (κ2) is 5.26. The van der Waals surface area contributed by atoms with Crippen LogP contribution in [0.2, 0.25) is 0 Å². The number of hydrogen-bond donors (Lipinski definition) is 1. The van der Waals surface area contributed by atoms with E-state index in [0.29, 0.717) is 5.41 Å². The quantitative estimate of drug-likeness (QED) is 0.860. The molecule has 0 radical (unpaired) electrons. The molecule has 2 saturated carbocycles. The third kappa shape index (κ3) is 2.65. The normalized spacial score (nSPS) is 39.9. The SMILES string of the molecule is CC1CC(C)(C)CCC1(CN)N1CCN(C2CC2)CC1. The Bertz CT molecular complexity index is 342. The highest BCUT2D eigenvalue weighted by Crippen LogP contribution is 2.46. The van der Waals surface area contributed by atoms with Gasteiger partial charge < -0.3 is 5.73 Å². The fraction of sp³-hybridized carbons (Fsp3) is 1.00. The molecule has 3 heteroatoms. The van der Waals surface area contributed by atoms with Crippen LogP contribution in [0, 0.1) is 11.3 Å². The van der Waals surface area contributed by atoms with Crippen LogP contribution in [-0.4, -0.2) is 54.1 Å². The van der Waals surface area contributed by atoms with Gasteiger partial charge in [-0.25, -0.2) is 0 Å². The van der Waals surface area contributed by atoms with Crippen molar-refractivity contribution in [3.63, 3.8) is 0 Å². The third-order valence-corrected chi connectivity index (χ3v) is 6.37. The molecule has 0 bridgehead atoms. The van der Waals surface area contributed by atoms with Gasteiger partial charge in [-0.2, -0.15) is 0 Å². The van der Waals surface area contributed by atoms with Crippen LogP contribution in [0.15, 0.2) is 0 Å². The van der Waals surface area contributed by atoms with Gasteiger partial charge in [0.15, 0.2) is 0 Å². The largest absolute Gasteiger partial charge is 0.329 e. The summed E-state index contributed by atoms with van der Waals surface area (Å²) in [4.78, 5) is 5.46. The van der Waals surface area contributed by atoms with E-state index in [1.165, 1.54) is 58.3 Å². The highest BCUT2D eigenvalue weighted by molar-refractivity contribution is 5.03. The topological polar surface area (TPSA) is 32.5 Å². The molecule has 2 N–H and O–H groups in total. The van der Waals surface area contributed by atoms with E-state index in [9.17, 15) is 0 Å². The van der Waals surface area contributed by atoms with Crippen molar-refractivity contribution in [3.8, 4) is 0 Å². The zero-order valence-corrected chi connectivity index (χ0v) is 13.7. The van der Waals surface area contributed by atoms with Crippen molar-refractivity contribution in [2.45, 2.75) is 64.5 Å².